The molecule has 5 N–H and O–H groups in total. The van der Waals surface area contributed by atoms with Gasteiger partial charge in [-0.05, 0) is 32.3 Å². The van der Waals surface area contributed by atoms with E-state index in [0.717, 1.165) is 0 Å². The van der Waals surface area contributed by atoms with Gasteiger partial charge in [-0.15, -0.1) is 0 Å². The minimum Gasteiger partial charge on any atom is -0.480 e. The second-order valence-corrected chi connectivity index (χ2v) is 4.32. The standard InChI is InChI=1S/C11H19F2N3O2/c1-7(14)16-6-9(13)8(5-12)3-4-11(2,15)10(17)18/h3-6,15H2,1-2H3,(H2,14,16)(H,17,18)/b9-8-/t11-/m1/s1. The van der Waals surface area contributed by atoms with Crippen molar-refractivity contribution in [1.29, 1.82) is 0 Å². The van der Waals surface area contributed by atoms with E-state index in [-0.39, 0.29) is 30.8 Å². The van der Waals surface area contributed by atoms with Crippen molar-refractivity contribution in [3.05, 3.63) is 11.4 Å². The lowest BCUT2D eigenvalue weighted by Crippen LogP contribution is -2.44. The van der Waals surface area contributed by atoms with Gasteiger partial charge in [-0.1, -0.05) is 0 Å². The predicted molar refractivity (Wildman–Crippen MR) is 65.7 cm³/mol. The number of aliphatic carboxylic acids is 1. The summed E-state index contributed by atoms with van der Waals surface area (Å²) in [5, 5.41) is 8.77. The summed E-state index contributed by atoms with van der Waals surface area (Å²) in [5.41, 5.74) is 9.07. The minimum atomic E-state index is -1.51. The van der Waals surface area contributed by atoms with Gasteiger partial charge in [-0.3, -0.25) is 9.79 Å². The normalized spacial score (nSPS) is 17.1. The number of carbonyl (C=O) groups is 1. The molecule has 0 aromatic carbocycles. The van der Waals surface area contributed by atoms with Gasteiger partial charge in [0, 0.05) is 0 Å². The number of carboxylic acids is 1. The highest BCUT2D eigenvalue weighted by Crippen LogP contribution is 2.19. The van der Waals surface area contributed by atoms with Crippen LogP contribution in [-0.4, -0.2) is 35.7 Å². The Labute approximate surface area is 105 Å². The number of nitrogens with zero attached hydrogens (tertiary/aromatic N) is 1. The van der Waals surface area contributed by atoms with Gasteiger partial charge in [-0.25, -0.2) is 8.78 Å². The zero-order valence-electron chi connectivity index (χ0n) is 10.5. The average Bonchev–Trinajstić information content (AvgIpc) is 2.26. The molecule has 0 aromatic heterocycles. The van der Waals surface area contributed by atoms with Crippen LogP contribution in [-0.2, 0) is 4.79 Å². The van der Waals surface area contributed by atoms with Crippen LogP contribution in [0.1, 0.15) is 26.7 Å². The molecular formula is C11H19F2N3O2. The molecule has 0 heterocycles. The Bertz CT molecular complexity index is 361. The molecule has 0 spiro atoms. The first-order valence-corrected chi connectivity index (χ1v) is 5.42. The summed E-state index contributed by atoms with van der Waals surface area (Å²) in [4.78, 5) is 14.4. The fourth-order valence-electron chi connectivity index (χ4n) is 1.10. The molecule has 18 heavy (non-hydrogen) atoms. The zero-order chi connectivity index (χ0) is 14.3. The fraction of sp³-hybridized carbons (Fsp3) is 0.636. The maximum atomic E-state index is 13.5. The van der Waals surface area contributed by atoms with Gasteiger partial charge in [0.25, 0.3) is 0 Å². The highest BCUT2D eigenvalue weighted by atomic mass is 19.1. The van der Waals surface area contributed by atoms with Crippen molar-refractivity contribution < 1.29 is 18.7 Å². The molecule has 0 rings (SSSR count). The molecule has 0 bridgehead atoms. The summed E-state index contributed by atoms with van der Waals surface area (Å²) in [7, 11) is 0. The Hall–Kier alpha value is -1.50. The van der Waals surface area contributed by atoms with E-state index >= 15 is 0 Å². The Morgan fingerprint density at radius 3 is 2.44 bits per heavy atom. The molecule has 104 valence electrons. The molecule has 0 aliphatic heterocycles. The molecule has 0 aliphatic carbocycles. The van der Waals surface area contributed by atoms with Crippen molar-refractivity contribution in [2.45, 2.75) is 32.2 Å². The van der Waals surface area contributed by atoms with E-state index in [9.17, 15) is 13.6 Å². The third kappa shape index (κ3) is 5.72. The molecule has 1 atom stereocenters. The van der Waals surface area contributed by atoms with Gasteiger partial charge < -0.3 is 16.6 Å². The van der Waals surface area contributed by atoms with E-state index in [1.54, 1.807) is 0 Å². The van der Waals surface area contributed by atoms with Gasteiger partial charge in [0.2, 0.25) is 0 Å². The summed E-state index contributed by atoms with van der Waals surface area (Å²) in [6.45, 7) is 1.45. The molecule has 0 saturated carbocycles. The average molecular weight is 263 g/mol. The minimum absolute atomic E-state index is 0.0552. The lowest BCUT2D eigenvalue weighted by molar-refractivity contribution is -0.142. The number of hydrogen-bond acceptors (Lipinski definition) is 3. The number of rotatable bonds is 7. The summed E-state index contributed by atoms with van der Waals surface area (Å²) in [5.74, 6) is -1.75. The van der Waals surface area contributed by atoms with Gasteiger partial charge >= 0.3 is 5.97 Å². The summed E-state index contributed by atoms with van der Waals surface area (Å²) in [6, 6.07) is 0. The molecule has 0 radical (unpaired) electrons. The number of allylic oxidation sites excluding steroid dienone is 1. The highest BCUT2D eigenvalue weighted by Gasteiger charge is 2.28. The van der Waals surface area contributed by atoms with Gasteiger partial charge in [-0.2, -0.15) is 0 Å². The summed E-state index contributed by atoms with van der Waals surface area (Å²) in [6.07, 6.45) is -0.124. The number of halogens is 2. The van der Waals surface area contributed by atoms with Gasteiger partial charge in [0.1, 0.15) is 18.0 Å². The maximum absolute atomic E-state index is 13.5. The van der Waals surface area contributed by atoms with Crippen molar-refractivity contribution in [3.63, 3.8) is 0 Å². The van der Waals surface area contributed by atoms with Crippen molar-refractivity contribution in [3.8, 4) is 0 Å². The van der Waals surface area contributed by atoms with Crippen LogP contribution < -0.4 is 11.5 Å². The quantitative estimate of drug-likeness (QED) is 0.473. The second kappa shape index (κ2) is 7.05. The van der Waals surface area contributed by atoms with E-state index in [4.69, 9.17) is 16.6 Å². The molecular weight excluding hydrogens is 244 g/mol. The van der Waals surface area contributed by atoms with E-state index in [0.29, 0.717) is 0 Å². The monoisotopic (exact) mass is 263 g/mol. The van der Waals surface area contributed by atoms with Crippen molar-refractivity contribution >= 4 is 11.8 Å². The molecule has 5 nitrogen and oxygen atoms in total. The second-order valence-electron chi connectivity index (χ2n) is 4.32. The van der Waals surface area contributed by atoms with Crippen LogP contribution in [0.5, 0.6) is 0 Å². The van der Waals surface area contributed by atoms with Gasteiger partial charge in [0.05, 0.1) is 12.4 Å². The van der Waals surface area contributed by atoms with Crippen LogP contribution in [0.3, 0.4) is 0 Å². The molecule has 7 heteroatoms. The lowest BCUT2D eigenvalue weighted by Gasteiger charge is -2.19. The SMILES string of the molecule is CC(N)=NC/C(F)=C(/CF)CC[C@@](C)(N)C(=O)O. The van der Waals surface area contributed by atoms with E-state index < -0.39 is 24.0 Å². The predicted octanol–water partition coefficient (Wildman–Crippen LogP) is 1.14. The van der Waals surface area contributed by atoms with Crippen LogP contribution >= 0.6 is 0 Å². The fourth-order valence-corrected chi connectivity index (χ4v) is 1.10. The molecule has 0 aromatic rings. The van der Waals surface area contributed by atoms with Crippen molar-refractivity contribution in [2.24, 2.45) is 16.5 Å². The first-order valence-electron chi connectivity index (χ1n) is 5.42. The number of alkyl halides is 1. The Morgan fingerprint density at radius 1 is 1.50 bits per heavy atom. The third-order valence-electron chi connectivity index (χ3n) is 2.45. The van der Waals surface area contributed by atoms with Crippen LogP contribution in [0.25, 0.3) is 0 Å². The Kier molecular flexibility index (Phi) is 6.46. The van der Waals surface area contributed by atoms with Crippen molar-refractivity contribution in [1.82, 2.24) is 0 Å². The van der Waals surface area contributed by atoms with Crippen LogP contribution in [0.4, 0.5) is 8.78 Å². The first-order chi connectivity index (χ1) is 8.20. The third-order valence-corrected chi connectivity index (χ3v) is 2.45. The molecule has 0 saturated heterocycles. The van der Waals surface area contributed by atoms with Crippen LogP contribution in [0, 0.1) is 0 Å². The van der Waals surface area contributed by atoms with Crippen molar-refractivity contribution in [2.75, 3.05) is 13.2 Å². The first kappa shape index (κ1) is 16.5. The number of hydrogen-bond donors (Lipinski definition) is 3. The number of aliphatic imine (C=N–C) groups is 1. The number of nitrogens with two attached hydrogens (primary N) is 2. The highest BCUT2D eigenvalue weighted by molar-refractivity contribution is 5.78. The van der Waals surface area contributed by atoms with Crippen LogP contribution in [0.15, 0.2) is 16.4 Å². The van der Waals surface area contributed by atoms with E-state index in [1.807, 2.05) is 0 Å². The zero-order valence-corrected chi connectivity index (χ0v) is 10.5. The number of amidine groups is 1. The smallest absolute Gasteiger partial charge is 0.323 e. The number of carboxylic acid groups (broad SMARTS) is 1. The largest absolute Gasteiger partial charge is 0.480 e. The lowest BCUT2D eigenvalue weighted by atomic mass is 9.94. The molecule has 0 fully saturated rings. The van der Waals surface area contributed by atoms with E-state index in [1.165, 1.54) is 13.8 Å². The van der Waals surface area contributed by atoms with E-state index in [2.05, 4.69) is 4.99 Å². The van der Waals surface area contributed by atoms with Crippen LogP contribution in [0.2, 0.25) is 0 Å². The summed E-state index contributed by atoms with van der Waals surface area (Å²) >= 11 is 0. The molecule has 0 unspecified atom stereocenters. The summed E-state index contributed by atoms with van der Waals surface area (Å²) < 4.78 is 26.1. The maximum Gasteiger partial charge on any atom is 0.323 e. The Morgan fingerprint density at radius 2 is 2.06 bits per heavy atom. The molecule has 0 aliphatic rings. The molecule has 0 amide bonds. The topological polar surface area (TPSA) is 102 Å². The Balaban J connectivity index is 4.65. The van der Waals surface area contributed by atoms with Gasteiger partial charge in [0.15, 0.2) is 0 Å².